The monoisotopic (exact) mass is 192 g/mol. The van der Waals surface area contributed by atoms with E-state index in [2.05, 4.69) is 0 Å². The van der Waals surface area contributed by atoms with Crippen LogP contribution in [0, 0.1) is 6.92 Å². The highest BCUT2D eigenvalue weighted by Gasteiger charge is 2.10. The van der Waals surface area contributed by atoms with Gasteiger partial charge in [-0.25, -0.2) is 4.79 Å². The lowest BCUT2D eigenvalue weighted by atomic mass is 10.1. The van der Waals surface area contributed by atoms with Gasteiger partial charge >= 0.3 is 5.97 Å². The number of carboxylic acid groups (broad SMARTS) is 1. The van der Waals surface area contributed by atoms with Crippen LogP contribution in [0.15, 0.2) is 30.5 Å². The normalized spacial score (nSPS) is 10.4. The van der Waals surface area contributed by atoms with Gasteiger partial charge in [-0.2, -0.15) is 0 Å². The molecule has 0 saturated carbocycles. The second-order valence-electron chi connectivity index (χ2n) is 2.89. The molecule has 74 valence electrons. The van der Waals surface area contributed by atoms with E-state index in [1.165, 1.54) is 6.26 Å². The largest absolute Gasteiger partial charge is 0.478 e. The van der Waals surface area contributed by atoms with Gasteiger partial charge in [0.2, 0.25) is 0 Å². The van der Waals surface area contributed by atoms with Gasteiger partial charge in [0, 0.05) is 0 Å². The molecule has 0 saturated heterocycles. The van der Waals surface area contributed by atoms with Crippen molar-refractivity contribution in [2.45, 2.75) is 13.8 Å². The topological polar surface area (TPSA) is 46.5 Å². The third-order valence-electron chi connectivity index (χ3n) is 1.70. The molecule has 0 aliphatic heterocycles. The fourth-order valence-electron chi connectivity index (χ4n) is 1.06. The standard InChI is InChI=1S/C11H12O3/c1-3-6-14-10-5-4-8(2)7-9(10)11(12)13/h3-7H,1-2H3,(H,12,13). The molecule has 0 amide bonds. The molecule has 1 N–H and O–H groups in total. The first-order chi connectivity index (χ1) is 6.65. The molecular weight excluding hydrogens is 180 g/mol. The Morgan fingerprint density at radius 3 is 2.79 bits per heavy atom. The first-order valence-electron chi connectivity index (χ1n) is 4.27. The highest BCUT2D eigenvalue weighted by Crippen LogP contribution is 2.20. The summed E-state index contributed by atoms with van der Waals surface area (Å²) in [5, 5.41) is 8.89. The van der Waals surface area contributed by atoms with Gasteiger partial charge in [-0.3, -0.25) is 0 Å². The number of allylic oxidation sites excluding steroid dienone is 1. The number of carboxylic acids is 1. The summed E-state index contributed by atoms with van der Waals surface area (Å²) in [6, 6.07) is 5.05. The molecule has 0 radical (unpaired) electrons. The van der Waals surface area contributed by atoms with E-state index in [-0.39, 0.29) is 5.56 Å². The smallest absolute Gasteiger partial charge is 0.339 e. The summed E-state index contributed by atoms with van der Waals surface area (Å²) in [6.45, 7) is 3.64. The first kappa shape index (κ1) is 10.3. The van der Waals surface area contributed by atoms with Crippen molar-refractivity contribution >= 4 is 5.97 Å². The Balaban J connectivity index is 3.08. The van der Waals surface area contributed by atoms with Crippen LogP contribution in [0.1, 0.15) is 22.8 Å². The number of aryl methyl sites for hydroxylation is 1. The third-order valence-corrected chi connectivity index (χ3v) is 1.70. The minimum absolute atomic E-state index is 0.183. The molecule has 0 heterocycles. The molecule has 0 atom stereocenters. The summed E-state index contributed by atoms with van der Waals surface area (Å²) < 4.78 is 5.14. The maximum Gasteiger partial charge on any atom is 0.339 e. The van der Waals surface area contributed by atoms with Gasteiger partial charge in [0.05, 0.1) is 6.26 Å². The van der Waals surface area contributed by atoms with E-state index in [1.807, 2.05) is 13.0 Å². The number of ether oxygens (including phenoxy) is 1. The maximum atomic E-state index is 10.8. The number of rotatable bonds is 3. The summed E-state index contributed by atoms with van der Waals surface area (Å²) in [5.41, 5.74) is 1.08. The van der Waals surface area contributed by atoms with Gasteiger partial charge < -0.3 is 9.84 Å². The third kappa shape index (κ3) is 2.36. The number of hydrogen-bond acceptors (Lipinski definition) is 2. The van der Waals surface area contributed by atoms with E-state index >= 15 is 0 Å². The van der Waals surface area contributed by atoms with Crippen molar-refractivity contribution in [2.24, 2.45) is 0 Å². The van der Waals surface area contributed by atoms with Gasteiger partial charge in [-0.15, -0.1) is 0 Å². The van der Waals surface area contributed by atoms with Crippen LogP contribution in [-0.2, 0) is 0 Å². The predicted octanol–water partition coefficient (Wildman–Crippen LogP) is 2.61. The van der Waals surface area contributed by atoms with Crippen molar-refractivity contribution in [2.75, 3.05) is 0 Å². The lowest BCUT2D eigenvalue weighted by molar-refractivity contribution is 0.0694. The average molecular weight is 192 g/mol. The number of aromatic carboxylic acids is 1. The van der Waals surface area contributed by atoms with Crippen LogP contribution in [0.25, 0.3) is 0 Å². The molecule has 0 spiro atoms. The van der Waals surface area contributed by atoms with E-state index in [9.17, 15) is 4.79 Å². The molecule has 0 unspecified atom stereocenters. The quantitative estimate of drug-likeness (QED) is 0.749. The molecule has 1 aromatic carbocycles. The van der Waals surface area contributed by atoms with Gasteiger partial charge in [0.15, 0.2) is 0 Å². The van der Waals surface area contributed by atoms with Crippen LogP contribution in [0.5, 0.6) is 5.75 Å². The Hall–Kier alpha value is -1.77. The zero-order chi connectivity index (χ0) is 10.6. The number of benzene rings is 1. The minimum Gasteiger partial charge on any atom is -0.478 e. The second-order valence-corrected chi connectivity index (χ2v) is 2.89. The molecule has 0 aliphatic rings. The Morgan fingerprint density at radius 2 is 2.21 bits per heavy atom. The van der Waals surface area contributed by atoms with E-state index in [4.69, 9.17) is 9.84 Å². The first-order valence-corrected chi connectivity index (χ1v) is 4.27. The summed E-state index contributed by atoms with van der Waals surface area (Å²) in [6.07, 6.45) is 3.16. The van der Waals surface area contributed by atoms with E-state index < -0.39 is 5.97 Å². The summed E-state index contributed by atoms with van der Waals surface area (Å²) in [5.74, 6) is -0.616. The van der Waals surface area contributed by atoms with E-state index in [0.717, 1.165) is 5.56 Å². The molecule has 0 aromatic heterocycles. The van der Waals surface area contributed by atoms with Crippen LogP contribution >= 0.6 is 0 Å². The van der Waals surface area contributed by atoms with Crippen molar-refractivity contribution in [3.05, 3.63) is 41.7 Å². The zero-order valence-electron chi connectivity index (χ0n) is 8.15. The molecule has 1 aromatic rings. The van der Waals surface area contributed by atoms with Gasteiger partial charge in [-0.05, 0) is 26.0 Å². The van der Waals surface area contributed by atoms with Crippen LogP contribution in [-0.4, -0.2) is 11.1 Å². The van der Waals surface area contributed by atoms with Gasteiger partial charge in [0.1, 0.15) is 11.3 Å². The lowest BCUT2D eigenvalue weighted by Gasteiger charge is -2.05. The number of carbonyl (C=O) groups is 1. The maximum absolute atomic E-state index is 10.8. The van der Waals surface area contributed by atoms with Crippen molar-refractivity contribution in [3.63, 3.8) is 0 Å². The highest BCUT2D eigenvalue weighted by molar-refractivity contribution is 5.91. The van der Waals surface area contributed by atoms with Crippen LogP contribution in [0.4, 0.5) is 0 Å². The molecule has 3 nitrogen and oxygen atoms in total. The van der Waals surface area contributed by atoms with Crippen molar-refractivity contribution in [1.29, 1.82) is 0 Å². The highest BCUT2D eigenvalue weighted by atomic mass is 16.5. The molecule has 0 aliphatic carbocycles. The predicted molar refractivity (Wildman–Crippen MR) is 53.6 cm³/mol. The van der Waals surface area contributed by atoms with E-state index in [0.29, 0.717) is 5.75 Å². The summed E-state index contributed by atoms with van der Waals surface area (Å²) in [4.78, 5) is 10.8. The average Bonchev–Trinajstić information content (AvgIpc) is 2.15. The fraction of sp³-hybridized carbons (Fsp3) is 0.182. The van der Waals surface area contributed by atoms with Crippen LogP contribution < -0.4 is 4.74 Å². The fourth-order valence-corrected chi connectivity index (χ4v) is 1.06. The zero-order valence-corrected chi connectivity index (χ0v) is 8.15. The molecule has 14 heavy (non-hydrogen) atoms. The van der Waals surface area contributed by atoms with Crippen molar-refractivity contribution in [1.82, 2.24) is 0 Å². The second kappa shape index (κ2) is 4.46. The SMILES string of the molecule is CC=COc1ccc(C)cc1C(=O)O. The summed E-state index contributed by atoms with van der Waals surface area (Å²) in [7, 11) is 0. The Labute approximate surface area is 82.6 Å². The molecule has 0 bridgehead atoms. The number of hydrogen-bond donors (Lipinski definition) is 1. The Bertz CT molecular complexity index is 367. The summed E-state index contributed by atoms with van der Waals surface area (Å²) >= 11 is 0. The minimum atomic E-state index is -0.979. The van der Waals surface area contributed by atoms with Crippen LogP contribution in [0.3, 0.4) is 0 Å². The van der Waals surface area contributed by atoms with Crippen molar-refractivity contribution < 1.29 is 14.6 Å². The molecule has 1 rings (SSSR count). The molecule has 3 heteroatoms. The Kier molecular flexibility index (Phi) is 3.29. The Morgan fingerprint density at radius 1 is 1.50 bits per heavy atom. The lowest BCUT2D eigenvalue weighted by Crippen LogP contribution is -2.00. The van der Waals surface area contributed by atoms with Gasteiger partial charge in [0.25, 0.3) is 0 Å². The molecule has 0 fully saturated rings. The van der Waals surface area contributed by atoms with Crippen molar-refractivity contribution in [3.8, 4) is 5.75 Å². The van der Waals surface area contributed by atoms with E-state index in [1.54, 1.807) is 25.1 Å². The van der Waals surface area contributed by atoms with Gasteiger partial charge in [-0.1, -0.05) is 17.7 Å². The van der Waals surface area contributed by atoms with Crippen LogP contribution in [0.2, 0.25) is 0 Å². The molecular formula is C11H12O3.